The van der Waals surface area contributed by atoms with Crippen LogP contribution in [0, 0.1) is 0 Å². The quantitative estimate of drug-likeness (QED) is 0.759. The second kappa shape index (κ2) is 7.91. The summed E-state index contributed by atoms with van der Waals surface area (Å²) in [4.78, 5) is 40.3. The number of imide groups is 1. The summed E-state index contributed by atoms with van der Waals surface area (Å²) in [6, 6.07) is 12.0. The number of amides is 3. The Bertz CT molecular complexity index is 963. The van der Waals surface area contributed by atoms with Gasteiger partial charge in [0.25, 0.3) is 17.7 Å². The summed E-state index contributed by atoms with van der Waals surface area (Å²) in [5.74, 6) is -0.906. The number of fused-ring (bicyclic) bond motifs is 1. The van der Waals surface area contributed by atoms with Crippen molar-refractivity contribution in [3.8, 4) is 0 Å². The van der Waals surface area contributed by atoms with E-state index in [9.17, 15) is 14.4 Å². The van der Waals surface area contributed by atoms with Crippen molar-refractivity contribution in [1.82, 2.24) is 15.1 Å². The maximum absolute atomic E-state index is 13.2. The van der Waals surface area contributed by atoms with Gasteiger partial charge in [0.1, 0.15) is 0 Å². The molecule has 1 atom stereocenters. The first kappa shape index (κ1) is 20.3. The Morgan fingerprint density at radius 1 is 1.11 bits per heavy atom. The number of hydrogen-bond donors (Lipinski definition) is 1. The number of benzene rings is 2. The van der Waals surface area contributed by atoms with Crippen LogP contribution in [0.4, 0.5) is 0 Å². The average Bonchev–Trinajstić information content (AvgIpc) is 2.92. The molecular formula is C20H19Cl2N3O3. The van der Waals surface area contributed by atoms with Crippen LogP contribution in [0.1, 0.15) is 42.7 Å². The van der Waals surface area contributed by atoms with Crippen molar-refractivity contribution in [2.75, 3.05) is 26.7 Å². The molecule has 2 aliphatic heterocycles. The Balaban J connectivity index is 0.00000225. The predicted molar refractivity (Wildman–Crippen MR) is 108 cm³/mol. The molecule has 0 saturated carbocycles. The second-order valence-corrected chi connectivity index (χ2v) is 7.08. The minimum atomic E-state index is -0.382. The highest BCUT2D eigenvalue weighted by molar-refractivity contribution is 6.31. The smallest absolute Gasteiger partial charge is 0.261 e. The Morgan fingerprint density at radius 2 is 1.82 bits per heavy atom. The van der Waals surface area contributed by atoms with Gasteiger partial charge in [-0.05, 0) is 29.8 Å². The summed E-state index contributed by atoms with van der Waals surface area (Å²) < 4.78 is 0. The molecule has 0 bridgehead atoms. The average molecular weight is 420 g/mol. The van der Waals surface area contributed by atoms with Crippen molar-refractivity contribution in [3.63, 3.8) is 0 Å². The SMILES string of the molecule is CN1C(=O)c2ccc(C(=O)N3CCNCC3c3ccccc3Cl)cc2C1=O.Cl. The summed E-state index contributed by atoms with van der Waals surface area (Å²) in [7, 11) is 1.44. The van der Waals surface area contributed by atoms with Crippen LogP contribution in [-0.2, 0) is 0 Å². The van der Waals surface area contributed by atoms with Gasteiger partial charge in [-0.1, -0.05) is 29.8 Å². The van der Waals surface area contributed by atoms with Crippen LogP contribution in [0.15, 0.2) is 42.5 Å². The van der Waals surface area contributed by atoms with Crippen LogP contribution in [-0.4, -0.2) is 54.2 Å². The topological polar surface area (TPSA) is 69.7 Å². The number of nitrogens with one attached hydrogen (secondary N) is 1. The first-order valence-corrected chi connectivity index (χ1v) is 9.09. The lowest BCUT2D eigenvalue weighted by Crippen LogP contribution is -2.48. The Kier molecular flexibility index (Phi) is 5.74. The zero-order valence-corrected chi connectivity index (χ0v) is 16.7. The van der Waals surface area contributed by atoms with E-state index in [4.69, 9.17) is 11.6 Å². The Morgan fingerprint density at radius 3 is 2.57 bits per heavy atom. The van der Waals surface area contributed by atoms with Crippen molar-refractivity contribution in [2.45, 2.75) is 6.04 Å². The summed E-state index contributed by atoms with van der Waals surface area (Å²) in [5, 5.41) is 3.91. The van der Waals surface area contributed by atoms with Gasteiger partial charge in [0, 0.05) is 37.3 Å². The first-order valence-electron chi connectivity index (χ1n) is 8.71. The van der Waals surface area contributed by atoms with Gasteiger partial charge in [-0.2, -0.15) is 0 Å². The maximum atomic E-state index is 13.2. The van der Waals surface area contributed by atoms with E-state index in [2.05, 4.69) is 5.32 Å². The van der Waals surface area contributed by atoms with E-state index < -0.39 is 0 Å². The molecule has 3 amide bonds. The number of halogens is 2. The molecule has 2 heterocycles. The third-order valence-corrected chi connectivity index (χ3v) is 5.45. The third-order valence-electron chi connectivity index (χ3n) is 5.11. The van der Waals surface area contributed by atoms with Crippen LogP contribution < -0.4 is 5.32 Å². The van der Waals surface area contributed by atoms with Crippen LogP contribution >= 0.6 is 24.0 Å². The summed E-state index contributed by atoms with van der Waals surface area (Å²) in [6.45, 7) is 1.80. The Hall–Kier alpha value is -2.41. The molecule has 1 unspecified atom stereocenters. The predicted octanol–water partition coefficient (Wildman–Crippen LogP) is 2.77. The molecule has 1 fully saturated rings. The maximum Gasteiger partial charge on any atom is 0.261 e. The van der Waals surface area contributed by atoms with Gasteiger partial charge in [-0.15, -0.1) is 12.4 Å². The van der Waals surface area contributed by atoms with E-state index in [0.717, 1.165) is 10.5 Å². The molecule has 28 heavy (non-hydrogen) atoms. The first-order chi connectivity index (χ1) is 13.0. The molecule has 1 N–H and O–H groups in total. The van der Waals surface area contributed by atoms with Gasteiger partial charge in [0.2, 0.25) is 0 Å². The monoisotopic (exact) mass is 419 g/mol. The van der Waals surface area contributed by atoms with E-state index in [1.54, 1.807) is 17.0 Å². The molecule has 0 radical (unpaired) electrons. The van der Waals surface area contributed by atoms with Gasteiger partial charge in [0.15, 0.2) is 0 Å². The number of hydrogen-bond acceptors (Lipinski definition) is 4. The normalized spacial score (nSPS) is 18.7. The van der Waals surface area contributed by atoms with E-state index in [1.807, 2.05) is 24.3 Å². The molecule has 146 valence electrons. The third kappa shape index (κ3) is 3.28. The highest BCUT2D eigenvalue weighted by atomic mass is 35.5. The van der Waals surface area contributed by atoms with Gasteiger partial charge in [0.05, 0.1) is 17.2 Å². The largest absolute Gasteiger partial charge is 0.329 e. The molecule has 1 saturated heterocycles. The number of piperazine rings is 1. The molecule has 0 aliphatic carbocycles. The van der Waals surface area contributed by atoms with Crippen LogP contribution in [0.2, 0.25) is 5.02 Å². The van der Waals surface area contributed by atoms with Gasteiger partial charge in [-0.25, -0.2) is 0 Å². The van der Waals surface area contributed by atoms with Crippen LogP contribution in [0.25, 0.3) is 0 Å². The fourth-order valence-electron chi connectivity index (χ4n) is 3.63. The summed E-state index contributed by atoms with van der Waals surface area (Å²) >= 11 is 6.35. The molecule has 0 aromatic heterocycles. The van der Waals surface area contributed by atoms with Crippen LogP contribution in [0.3, 0.4) is 0 Å². The molecule has 0 spiro atoms. The Labute approximate surface area is 173 Å². The lowest BCUT2D eigenvalue weighted by atomic mass is 10.00. The van der Waals surface area contributed by atoms with Crippen molar-refractivity contribution in [1.29, 1.82) is 0 Å². The van der Waals surface area contributed by atoms with Crippen molar-refractivity contribution >= 4 is 41.7 Å². The van der Waals surface area contributed by atoms with Gasteiger partial charge in [-0.3, -0.25) is 19.3 Å². The van der Waals surface area contributed by atoms with E-state index in [1.165, 1.54) is 13.1 Å². The van der Waals surface area contributed by atoms with Gasteiger partial charge >= 0.3 is 0 Å². The number of rotatable bonds is 2. The van der Waals surface area contributed by atoms with Crippen molar-refractivity contribution in [3.05, 3.63) is 69.7 Å². The zero-order valence-electron chi connectivity index (χ0n) is 15.1. The summed E-state index contributed by atoms with van der Waals surface area (Å²) in [5.41, 5.74) is 1.89. The number of carbonyl (C=O) groups is 3. The van der Waals surface area contributed by atoms with Gasteiger partial charge < -0.3 is 10.2 Å². The fraction of sp³-hybridized carbons (Fsp3) is 0.250. The number of carbonyl (C=O) groups excluding carboxylic acids is 3. The van der Waals surface area contributed by atoms with E-state index >= 15 is 0 Å². The molecule has 2 aromatic rings. The fourth-order valence-corrected chi connectivity index (χ4v) is 3.89. The molecular weight excluding hydrogens is 401 g/mol. The minimum absolute atomic E-state index is 0. The molecule has 4 rings (SSSR count). The number of nitrogens with zero attached hydrogens (tertiary/aromatic N) is 2. The molecule has 6 nitrogen and oxygen atoms in total. The lowest BCUT2D eigenvalue weighted by molar-refractivity contribution is 0.0633. The van der Waals surface area contributed by atoms with Crippen LogP contribution in [0.5, 0.6) is 0 Å². The second-order valence-electron chi connectivity index (χ2n) is 6.67. The highest BCUT2D eigenvalue weighted by Gasteiger charge is 2.35. The van der Waals surface area contributed by atoms with Crippen molar-refractivity contribution < 1.29 is 14.4 Å². The molecule has 8 heteroatoms. The van der Waals surface area contributed by atoms with Crippen molar-refractivity contribution in [2.24, 2.45) is 0 Å². The van der Waals surface area contributed by atoms with E-state index in [-0.39, 0.29) is 41.7 Å². The highest BCUT2D eigenvalue weighted by Crippen LogP contribution is 2.30. The lowest BCUT2D eigenvalue weighted by Gasteiger charge is -2.37. The minimum Gasteiger partial charge on any atom is -0.329 e. The zero-order chi connectivity index (χ0) is 19.1. The molecule has 2 aliphatic rings. The van der Waals surface area contributed by atoms with E-state index in [0.29, 0.717) is 35.8 Å². The standard InChI is InChI=1S/C20H18ClN3O3.ClH/c1-23-19(26)13-7-6-12(10-15(13)20(23)27)18(25)24-9-8-22-11-17(24)14-4-2-3-5-16(14)21;/h2-7,10,17,22H,8-9,11H2,1H3;1H. The summed E-state index contributed by atoms with van der Waals surface area (Å²) in [6.07, 6.45) is 0. The molecule has 2 aromatic carbocycles.